The second kappa shape index (κ2) is 15.7. The Morgan fingerprint density at radius 3 is 1.78 bits per heavy atom. The van der Waals surface area contributed by atoms with E-state index < -0.39 is 0 Å². The van der Waals surface area contributed by atoms with Crippen LogP contribution in [0.5, 0.6) is 0 Å². The highest BCUT2D eigenvalue weighted by Gasteiger charge is 1.56. The number of unbranched alkanes of at least 4 members (excludes halogenated alkanes) is 1. The van der Waals surface area contributed by atoms with Gasteiger partial charge in [0.05, 0.1) is 0 Å². The zero-order valence-corrected chi connectivity index (χ0v) is 7.20. The van der Waals surface area contributed by atoms with E-state index in [0.29, 0.717) is 0 Å². The first kappa shape index (κ1) is 11.6. The molecule has 0 bridgehead atoms. The van der Waals surface area contributed by atoms with E-state index in [1.54, 1.807) is 17.6 Å². The van der Waals surface area contributed by atoms with Gasteiger partial charge in [0, 0.05) is 0 Å². The third-order valence-electron chi connectivity index (χ3n) is 0.722. The van der Waals surface area contributed by atoms with Gasteiger partial charge in [-0.05, 0) is 5.41 Å². The van der Waals surface area contributed by atoms with Crippen LogP contribution in [0.15, 0.2) is 24.1 Å². The standard InChI is InChI=1S/C4H6S.C4H10/c1-2-3-4-5;1-3-4-2/h2-5H,1H2;3-4H2,1-2H3. The molecule has 0 fully saturated rings. The molecule has 54 valence electrons. The first-order valence-corrected chi connectivity index (χ1v) is 3.76. The zero-order valence-electron chi connectivity index (χ0n) is 6.30. The van der Waals surface area contributed by atoms with E-state index in [-0.39, 0.29) is 0 Å². The van der Waals surface area contributed by atoms with Gasteiger partial charge in [0.2, 0.25) is 0 Å². The van der Waals surface area contributed by atoms with Crippen LogP contribution in [-0.2, 0) is 0 Å². The maximum absolute atomic E-state index is 3.75. The SMILES string of the molecule is C=CC=CS.CCCC. The summed E-state index contributed by atoms with van der Waals surface area (Å²) in [5.41, 5.74) is 0. The number of hydrogen-bond acceptors (Lipinski definition) is 1. The van der Waals surface area contributed by atoms with E-state index in [0.717, 1.165) is 0 Å². The molecular weight excluding hydrogens is 128 g/mol. The Morgan fingerprint density at radius 2 is 1.78 bits per heavy atom. The van der Waals surface area contributed by atoms with Crippen LogP contribution >= 0.6 is 12.6 Å². The van der Waals surface area contributed by atoms with Crippen molar-refractivity contribution >= 4 is 12.6 Å². The molecule has 0 aliphatic rings. The lowest BCUT2D eigenvalue weighted by Gasteiger charge is -1.68. The van der Waals surface area contributed by atoms with E-state index >= 15 is 0 Å². The van der Waals surface area contributed by atoms with Gasteiger partial charge >= 0.3 is 0 Å². The minimum atomic E-state index is 1.32. The van der Waals surface area contributed by atoms with Gasteiger partial charge in [-0.2, -0.15) is 12.6 Å². The quantitative estimate of drug-likeness (QED) is 0.445. The van der Waals surface area contributed by atoms with Gasteiger partial charge in [-0.1, -0.05) is 45.4 Å². The first-order valence-electron chi connectivity index (χ1n) is 3.25. The summed E-state index contributed by atoms with van der Waals surface area (Å²) in [6.07, 6.45) is 6.07. The number of rotatable bonds is 2. The molecule has 0 heterocycles. The van der Waals surface area contributed by atoms with Gasteiger partial charge in [0.25, 0.3) is 0 Å². The maximum atomic E-state index is 3.75. The van der Waals surface area contributed by atoms with Crippen LogP contribution < -0.4 is 0 Å². The van der Waals surface area contributed by atoms with Gasteiger partial charge in [0.1, 0.15) is 0 Å². The fraction of sp³-hybridized carbons (Fsp3) is 0.500. The van der Waals surface area contributed by atoms with Gasteiger partial charge in [-0.25, -0.2) is 0 Å². The lowest BCUT2D eigenvalue weighted by atomic mass is 10.4. The second-order valence-corrected chi connectivity index (χ2v) is 1.88. The molecular formula is C8H16S. The van der Waals surface area contributed by atoms with E-state index in [1.807, 2.05) is 0 Å². The predicted octanol–water partition coefficient (Wildman–Crippen LogP) is 3.42. The van der Waals surface area contributed by atoms with E-state index in [2.05, 4.69) is 33.1 Å². The summed E-state index contributed by atoms with van der Waals surface area (Å²) in [6.45, 7) is 7.78. The summed E-state index contributed by atoms with van der Waals surface area (Å²) in [5, 5.41) is 1.63. The molecule has 0 amide bonds. The van der Waals surface area contributed by atoms with Crippen molar-refractivity contribution in [1.29, 1.82) is 0 Å². The van der Waals surface area contributed by atoms with Gasteiger partial charge in [-0.15, -0.1) is 0 Å². The van der Waals surface area contributed by atoms with Crippen LogP contribution in [0, 0.1) is 0 Å². The van der Waals surface area contributed by atoms with Crippen LogP contribution in [0.1, 0.15) is 26.7 Å². The molecule has 0 spiro atoms. The summed E-state index contributed by atoms with van der Waals surface area (Å²) in [5.74, 6) is 0. The van der Waals surface area contributed by atoms with Crippen LogP contribution in [-0.4, -0.2) is 0 Å². The Balaban J connectivity index is 0. The fourth-order valence-corrected chi connectivity index (χ4v) is 0.183. The molecule has 0 atom stereocenters. The molecule has 0 unspecified atom stereocenters. The highest BCUT2D eigenvalue weighted by molar-refractivity contribution is 7.83. The lowest BCUT2D eigenvalue weighted by molar-refractivity contribution is 0.886. The van der Waals surface area contributed by atoms with Crippen molar-refractivity contribution < 1.29 is 0 Å². The topological polar surface area (TPSA) is 0 Å². The number of allylic oxidation sites excluding steroid dienone is 2. The Bertz CT molecular complexity index is 63.0. The van der Waals surface area contributed by atoms with Gasteiger partial charge in [-0.3, -0.25) is 0 Å². The minimum absolute atomic E-state index is 1.32. The van der Waals surface area contributed by atoms with Crippen molar-refractivity contribution in [2.45, 2.75) is 26.7 Å². The van der Waals surface area contributed by atoms with Crippen molar-refractivity contribution in [2.75, 3.05) is 0 Å². The largest absolute Gasteiger partial charge is 0.151 e. The molecule has 0 aromatic rings. The number of hydrogen-bond donors (Lipinski definition) is 1. The summed E-state index contributed by atoms with van der Waals surface area (Å²) >= 11 is 3.75. The molecule has 0 N–H and O–H groups in total. The molecule has 0 aromatic carbocycles. The Labute approximate surface area is 64.1 Å². The molecule has 0 aliphatic carbocycles. The average Bonchev–Trinajstić information content (AvgIpc) is 1.91. The second-order valence-electron chi connectivity index (χ2n) is 1.58. The van der Waals surface area contributed by atoms with Crippen LogP contribution in [0.3, 0.4) is 0 Å². The fourth-order valence-electron chi connectivity index (χ4n) is 0.0609. The molecule has 0 nitrogen and oxygen atoms in total. The van der Waals surface area contributed by atoms with Crippen LogP contribution in [0.4, 0.5) is 0 Å². The van der Waals surface area contributed by atoms with Gasteiger partial charge < -0.3 is 0 Å². The Hall–Kier alpha value is -0.170. The zero-order chi connectivity index (χ0) is 7.54. The van der Waals surface area contributed by atoms with E-state index in [1.165, 1.54) is 12.8 Å². The van der Waals surface area contributed by atoms with Crippen molar-refractivity contribution in [3.63, 3.8) is 0 Å². The Kier molecular flexibility index (Phi) is 20.2. The third kappa shape index (κ3) is 33.2. The third-order valence-corrected chi connectivity index (χ3v) is 0.894. The van der Waals surface area contributed by atoms with Crippen LogP contribution in [0.2, 0.25) is 0 Å². The highest BCUT2D eigenvalue weighted by Crippen LogP contribution is 1.76. The Morgan fingerprint density at radius 1 is 1.33 bits per heavy atom. The summed E-state index contributed by atoms with van der Waals surface area (Å²) < 4.78 is 0. The molecule has 0 aromatic heterocycles. The summed E-state index contributed by atoms with van der Waals surface area (Å²) in [4.78, 5) is 0. The molecule has 0 aliphatic heterocycles. The van der Waals surface area contributed by atoms with Crippen molar-refractivity contribution in [2.24, 2.45) is 0 Å². The van der Waals surface area contributed by atoms with E-state index in [9.17, 15) is 0 Å². The predicted molar refractivity (Wildman–Crippen MR) is 48.9 cm³/mol. The highest BCUT2D eigenvalue weighted by atomic mass is 32.1. The normalized spacial score (nSPS) is 8.33. The summed E-state index contributed by atoms with van der Waals surface area (Å²) in [7, 11) is 0. The molecule has 0 rings (SSSR count). The minimum Gasteiger partial charge on any atom is -0.151 e. The maximum Gasteiger partial charge on any atom is -0.0324 e. The molecule has 0 saturated heterocycles. The lowest BCUT2D eigenvalue weighted by Crippen LogP contribution is -1.47. The van der Waals surface area contributed by atoms with Gasteiger partial charge in [0.15, 0.2) is 0 Å². The van der Waals surface area contributed by atoms with Crippen LogP contribution in [0.25, 0.3) is 0 Å². The van der Waals surface area contributed by atoms with Crippen molar-refractivity contribution in [3.8, 4) is 0 Å². The molecule has 0 saturated carbocycles. The molecule has 1 heteroatoms. The first-order chi connectivity index (χ1) is 4.33. The smallest absolute Gasteiger partial charge is 0.0324 e. The van der Waals surface area contributed by atoms with Crippen molar-refractivity contribution in [3.05, 3.63) is 24.1 Å². The number of thiol groups is 1. The monoisotopic (exact) mass is 144 g/mol. The molecule has 0 radical (unpaired) electrons. The van der Waals surface area contributed by atoms with E-state index in [4.69, 9.17) is 0 Å². The summed E-state index contributed by atoms with van der Waals surface area (Å²) in [6, 6.07) is 0. The average molecular weight is 144 g/mol. The van der Waals surface area contributed by atoms with Crippen molar-refractivity contribution in [1.82, 2.24) is 0 Å². The molecule has 9 heavy (non-hydrogen) atoms.